The van der Waals surface area contributed by atoms with Gasteiger partial charge in [0, 0.05) is 44.0 Å². The van der Waals surface area contributed by atoms with Gasteiger partial charge in [-0.25, -0.2) is 9.97 Å². The van der Waals surface area contributed by atoms with E-state index >= 15 is 0 Å². The molecule has 0 radical (unpaired) electrons. The van der Waals surface area contributed by atoms with E-state index in [4.69, 9.17) is 9.97 Å². The number of aromatic nitrogens is 6. The molecule has 212 valence electrons. The maximum Gasteiger partial charge on any atom is 0.161 e. The molecule has 1 aromatic carbocycles. The summed E-state index contributed by atoms with van der Waals surface area (Å²) in [5.74, 6) is 0.660. The van der Waals surface area contributed by atoms with Crippen LogP contribution in [0.25, 0.3) is 39.2 Å². The smallest absolute Gasteiger partial charge is 0.161 e. The van der Waals surface area contributed by atoms with Crippen molar-refractivity contribution in [2.24, 2.45) is 0 Å². The van der Waals surface area contributed by atoms with Crippen LogP contribution in [0, 0.1) is 0 Å². The number of imidazole rings is 1. The minimum Gasteiger partial charge on any atom is -0.366 e. The van der Waals surface area contributed by atoms with Crippen molar-refractivity contribution in [3.05, 3.63) is 109 Å². The van der Waals surface area contributed by atoms with Gasteiger partial charge in [0.2, 0.25) is 0 Å². The van der Waals surface area contributed by atoms with E-state index in [0.717, 1.165) is 83.0 Å². The maximum absolute atomic E-state index is 5.03. The van der Waals surface area contributed by atoms with E-state index in [-0.39, 0.29) is 0 Å². The lowest BCUT2D eigenvalue weighted by Gasteiger charge is -2.33. The molecule has 1 aliphatic heterocycles. The highest BCUT2D eigenvalue weighted by atomic mass is 15.3. The van der Waals surface area contributed by atoms with Crippen molar-refractivity contribution in [2.45, 2.75) is 13.3 Å². The van der Waals surface area contributed by atoms with Gasteiger partial charge in [-0.15, -0.1) is 0 Å². The zero-order chi connectivity index (χ0) is 29.1. The number of hydrogen-bond donors (Lipinski definition) is 3. The van der Waals surface area contributed by atoms with Crippen LogP contribution >= 0.6 is 0 Å². The molecule has 9 nitrogen and oxygen atoms in total. The summed E-state index contributed by atoms with van der Waals surface area (Å²) < 4.78 is 0. The molecule has 0 saturated carbocycles. The molecular formula is C33H35N9. The molecule has 0 bridgehead atoms. The van der Waals surface area contributed by atoms with Crippen molar-refractivity contribution >= 4 is 33.3 Å². The van der Waals surface area contributed by atoms with E-state index < -0.39 is 0 Å². The number of allylic oxidation sites excluding steroid dienone is 5. The number of nitrogens with zero attached hydrogens (tertiary/aromatic N) is 6. The number of anilines is 1. The van der Waals surface area contributed by atoms with Crippen LogP contribution in [0.5, 0.6) is 0 Å². The molecule has 0 amide bonds. The zero-order valence-electron chi connectivity index (χ0n) is 24.1. The Labute approximate surface area is 245 Å². The van der Waals surface area contributed by atoms with E-state index in [1.807, 2.05) is 61.8 Å². The molecule has 5 heterocycles. The first-order valence-electron chi connectivity index (χ1n) is 14.1. The first kappa shape index (κ1) is 27.2. The number of pyridine rings is 2. The fourth-order valence-corrected chi connectivity index (χ4v) is 5.24. The highest BCUT2D eigenvalue weighted by Crippen LogP contribution is 2.30. The summed E-state index contributed by atoms with van der Waals surface area (Å²) in [7, 11) is 2.15. The minimum atomic E-state index is 0.660. The van der Waals surface area contributed by atoms with Gasteiger partial charge in [0.1, 0.15) is 11.0 Å². The number of H-pyrrole nitrogens is 2. The van der Waals surface area contributed by atoms with Crippen molar-refractivity contribution in [3.8, 4) is 11.5 Å². The monoisotopic (exact) mass is 557 g/mol. The van der Waals surface area contributed by atoms with E-state index in [2.05, 4.69) is 67.6 Å². The van der Waals surface area contributed by atoms with Gasteiger partial charge in [0.05, 0.1) is 34.8 Å². The van der Waals surface area contributed by atoms with Gasteiger partial charge in [-0.1, -0.05) is 49.6 Å². The standard InChI is InChI=1S/C33H35N9/c1-5-24(19-25(6-2)35-22(3)18-23-10-8-7-9-11-23)26-12-13-27-31(36-26)32(40-39-27)33-37-28-20-34-21-29(30(28)38-33)42-16-14-41(4)15-17-42/h5-13,19-21,35H,2-3,14-18H2,1,4H3,(H,37,38)(H,39,40)/b24-5+,25-19+. The normalized spacial score (nSPS) is 15.0. The highest BCUT2D eigenvalue weighted by molar-refractivity contribution is 5.94. The Balaban J connectivity index is 1.29. The third-order valence-electron chi connectivity index (χ3n) is 7.57. The van der Waals surface area contributed by atoms with Crippen LogP contribution in [0.15, 0.2) is 97.6 Å². The summed E-state index contributed by atoms with van der Waals surface area (Å²) in [4.78, 5) is 22.6. The van der Waals surface area contributed by atoms with Gasteiger partial charge in [-0.2, -0.15) is 5.10 Å². The summed E-state index contributed by atoms with van der Waals surface area (Å²) in [6.45, 7) is 14.1. The second-order valence-electron chi connectivity index (χ2n) is 10.5. The molecule has 42 heavy (non-hydrogen) atoms. The summed E-state index contributed by atoms with van der Waals surface area (Å²) >= 11 is 0. The van der Waals surface area contributed by atoms with Gasteiger partial charge < -0.3 is 20.1 Å². The number of piperazine rings is 1. The topological polar surface area (TPSA) is 102 Å². The molecular weight excluding hydrogens is 522 g/mol. The first-order chi connectivity index (χ1) is 20.5. The second-order valence-corrected chi connectivity index (χ2v) is 10.5. The highest BCUT2D eigenvalue weighted by Gasteiger charge is 2.21. The number of hydrogen-bond acceptors (Lipinski definition) is 7. The summed E-state index contributed by atoms with van der Waals surface area (Å²) in [5.41, 5.74) is 9.76. The van der Waals surface area contributed by atoms with Crippen molar-refractivity contribution in [2.75, 3.05) is 38.1 Å². The Hall–Kier alpha value is -5.02. The van der Waals surface area contributed by atoms with Crippen LogP contribution in [0.3, 0.4) is 0 Å². The molecule has 4 aromatic heterocycles. The number of rotatable bonds is 9. The van der Waals surface area contributed by atoms with Crippen molar-refractivity contribution in [1.82, 2.24) is 40.3 Å². The third kappa shape index (κ3) is 5.59. The largest absolute Gasteiger partial charge is 0.366 e. The average molecular weight is 558 g/mol. The number of aromatic amines is 2. The molecule has 0 unspecified atom stereocenters. The molecule has 5 aromatic rings. The summed E-state index contributed by atoms with van der Waals surface area (Å²) in [5, 5.41) is 11.1. The number of fused-ring (bicyclic) bond motifs is 2. The predicted octanol–water partition coefficient (Wildman–Crippen LogP) is 5.47. The molecule has 3 N–H and O–H groups in total. The Morgan fingerprint density at radius 3 is 2.57 bits per heavy atom. The van der Waals surface area contributed by atoms with E-state index in [0.29, 0.717) is 11.5 Å². The fraction of sp³-hybridized carbons (Fsp3) is 0.212. The van der Waals surface area contributed by atoms with Crippen LogP contribution in [0.4, 0.5) is 5.69 Å². The molecule has 0 atom stereocenters. The van der Waals surface area contributed by atoms with Gasteiger partial charge in [0.15, 0.2) is 11.5 Å². The van der Waals surface area contributed by atoms with Crippen LogP contribution in [-0.4, -0.2) is 68.3 Å². The molecule has 9 heteroatoms. The number of likely N-dealkylation sites (N-methyl/N-ethyl adjacent to an activating group) is 1. The molecule has 1 aliphatic rings. The third-order valence-corrected chi connectivity index (χ3v) is 7.57. The van der Waals surface area contributed by atoms with Crippen LogP contribution in [0.1, 0.15) is 18.2 Å². The lowest BCUT2D eigenvalue weighted by molar-refractivity contribution is 0.313. The Morgan fingerprint density at radius 1 is 1.00 bits per heavy atom. The van der Waals surface area contributed by atoms with Crippen molar-refractivity contribution < 1.29 is 0 Å². The van der Waals surface area contributed by atoms with Gasteiger partial charge in [0.25, 0.3) is 0 Å². The first-order valence-corrected chi connectivity index (χ1v) is 14.1. The van der Waals surface area contributed by atoms with Crippen LogP contribution in [-0.2, 0) is 6.42 Å². The van der Waals surface area contributed by atoms with E-state index in [9.17, 15) is 0 Å². The molecule has 0 spiro atoms. The van der Waals surface area contributed by atoms with Gasteiger partial charge in [-0.05, 0) is 49.4 Å². The quantitative estimate of drug-likeness (QED) is 0.207. The van der Waals surface area contributed by atoms with Crippen LogP contribution in [0.2, 0.25) is 0 Å². The number of benzene rings is 1. The summed E-state index contributed by atoms with van der Waals surface area (Å²) in [6, 6.07) is 14.3. The lowest BCUT2D eigenvalue weighted by Crippen LogP contribution is -2.44. The van der Waals surface area contributed by atoms with Crippen molar-refractivity contribution in [3.63, 3.8) is 0 Å². The molecule has 1 fully saturated rings. The Morgan fingerprint density at radius 2 is 1.81 bits per heavy atom. The van der Waals surface area contributed by atoms with E-state index in [1.165, 1.54) is 5.56 Å². The van der Waals surface area contributed by atoms with E-state index in [1.54, 1.807) is 6.08 Å². The Kier molecular flexibility index (Phi) is 7.66. The maximum atomic E-state index is 5.03. The summed E-state index contributed by atoms with van der Waals surface area (Å²) in [6.07, 6.45) is 10.3. The fourth-order valence-electron chi connectivity index (χ4n) is 5.24. The zero-order valence-corrected chi connectivity index (χ0v) is 24.1. The minimum absolute atomic E-state index is 0.660. The van der Waals surface area contributed by atoms with Crippen molar-refractivity contribution in [1.29, 1.82) is 0 Å². The molecule has 0 aliphatic carbocycles. The second kappa shape index (κ2) is 11.8. The molecule has 6 rings (SSSR count). The SMILES string of the molecule is C=C/C(=C\C(=C/C)c1ccc2[nH]nc(-c3nc4c(N5CCN(C)CC5)cncc4[nH]3)c2n1)NC(=C)Cc1ccccc1. The predicted molar refractivity (Wildman–Crippen MR) is 171 cm³/mol. The number of nitrogens with one attached hydrogen (secondary N) is 3. The van der Waals surface area contributed by atoms with Crippen LogP contribution < -0.4 is 10.2 Å². The average Bonchev–Trinajstić information content (AvgIpc) is 3.64. The van der Waals surface area contributed by atoms with Gasteiger partial charge in [-0.3, -0.25) is 10.1 Å². The lowest BCUT2D eigenvalue weighted by atomic mass is 10.1. The van der Waals surface area contributed by atoms with Gasteiger partial charge >= 0.3 is 0 Å². The Bertz CT molecular complexity index is 1800. The molecule has 1 saturated heterocycles.